The first-order valence-electron chi connectivity index (χ1n) is 14.0. The van der Waals surface area contributed by atoms with E-state index in [1.54, 1.807) is 0 Å². The minimum Gasteiger partial charge on any atom is -0.393 e. The molecule has 4 aliphatic rings. The molecule has 3 heterocycles. The van der Waals surface area contributed by atoms with Gasteiger partial charge in [-0.3, -0.25) is 5.41 Å². The van der Waals surface area contributed by atoms with E-state index < -0.39 is 0 Å². The predicted molar refractivity (Wildman–Crippen MR) is 156 cm³/mol. The Hall–Kier alpha value is -3.32. The second-order valence-corrected chi connectivity index (χ2v) is 11.3. The number of amidine groups is 1. The van der Waals surface area contributed by atoms with Crippen molar-refractivity contribution < 1.29 is 5.11 Å². The van der Waals surface area contributed by atoms with Gasteiger partial charge in [-0.05, 0) is 63.5 Å². The molecule has 5 rings (SSSR count). The highest BCUT2D eigenvalue weighted by atomic mass is 16.3. The van der Waals surface area contributed by atoms with E-state index in [0.717, 1.165) is 80.4 Å². The van der Waals surface area contributed by atoms with Gasteiger partial charge in [-0.2, -0.15) is 0 Å². The van der Waals surface area contributed by atoms with E-state index >= 15 is 0 Å². The molecular weight excluding hydrogens is 472 g/mol. The van der Waals surface area contributed by atoms with Crippen LogP contribution in [0.4, 0.5) is 0 Å². The van der Waals surface area contributed by atoms with E-state index in [-0.39, 0.29) is 23.9 Å². The highest BCUT2D eigenvalue weighted by molar-refractivity contribution is 6.08. The number of aliphatic hydroxyl groups is 1. The zero-order valence-corrected chi connectivity index (χ0v) is 22.9. The molecule has 2 bridgehead atoms. The number of fused-ring (bicyclic) bond motifs is 5. The van der Waals surface area contributed by atoms with Crippen molar-refractivity contribution >= 4 is 17.2 Å². The third kappa shape index (κ3) is 5.73. The molecule has 38 heavy (non-hydrogen) atoms. The third-order valence-electron chi connectivity index (χ3n) is 8.34. The quantitative estimate of drug-likeness (QED) is 0.449. The molecule has 4 N–H and O–H groups in total. The Morgan fingerprint density at radius 1 is 1.11 bits per heavy atom. The third-order valence-corrected chi connectivity index (χ3v) is 8.34. The number of aliphatic imine (C=N–C) groups is 1. The molecule has 1 aromatic rings. The van der Waals surface area contributed by atoms with Crippen LogP contribution in [0.3, 0.4) is 0 Å². The van der Waals surface area contributed by atoms with Crippen molar-refractivity contribution in [3.63, 3.8) is 0 Å². The molecule has 3 aliphatic heterocycles. The Morgan fingerprint density at radius 2 is 1.92 bits per heavy atom. The lowest BCUT2D eigenvalue weighted by Crippen LogP contribution is -2.45. The molecule has 1 atom stereocenters. The van der Waals surface area contributed by atoms with Gasteiger partial charge in [0.25, 0.3) is 0 Å². The molecule has 0 radical (unpaired) electrons. The van der Waals surface area contributed by atoms with Gasteiger partial charge in [0.05, 0.1) is 12.1 Å². The van der Waals surface area contributed by atoms with Crippen LogP contribution in [0.15, 0.2) is 65.7 Å². The zero-order valence-electron chi connectivity index (χ0n) is 22.9. The van der Waals surface area contributed by atoms with Crippen LogP contribution in [0.5, 0.6) is 0 Å². The molecule has 7 heteroatoms. The van der Waals surface area contributed by atoms with Gasteiger partial charge >= 0.3 is 0 Å². The number of nitrogens with one attached hydrogen (secondary N) is 3. The summed E-state index contributed by atoms with van der Waals surface area (Å²) < 4.78 is 0. The number of hydrogen-bond acceptors (Lipinski definition) is 6. The summed E-state index contributed by atoms with van der Waals surface area (Å²) in [5.74, 6) is 1.41. The first kappa shape index (κ1) is 26.3. The second kappa shape index (κ2) is 11.2. The summed E-state index contributed by atoms with van der Waals surface area (Å²) in [4.78, 5) is 9.39. The first-order chi connectivity index (χ1) is 18.3. The number of nitrogens with zero attached hydrogens (tertiary/aromatic N) is 3. The van der Waals surface area contributed by atoms with Crippen molar-refractivity contribution in [2.45, 2.75) is 64.0 Å². The Kier molecular flexibility index (Phi) is 7.75. The first-order valence-corrected chi connectivity index (χ1v) is 14.0. The summed E-state index contributed by atoms with van der Waals surface area (Å²) in [5.41, 5.74) is 7.68. The van der Waals surface area contributed by atoms with Crippen LogP contribution in [0.25, 0.3) is 5.70 Å². The van der Waals surface area contributed by atoms with Crippen LogP contribution in [0.2, 0.25) is 0 Å². The number of likely N-dealkylation sites (N-methyl/N-ethyl adjacent to an activating group) is 1. The Bertz CT molecular complexity index is 1200. The average molecular weight is 515 g/mol. The SMILES string of the molecule is C=C1CCc2ccc(C)cc2C(=C)N2CCCCC2C2=CC(=N)N=C(C3CC(O)C3)/C=C(\N2)N(C)CCN1. The maximum atomic E-state index is 9.92. The lowest BCUT2D eigenvalue weighted by atomic mass is 9.78. The molecule has 0 aromatic heterocycles. The fourth-order valence-corrected chi connectivity index (χ4v) is 5.94. The van der Waals surface area contributed by atoms with Crippen LogP contribution >= 0.6 is 0 Å². The Morgan fingerprint density at radius 3 is 2.71 bits per heavy atom. The zero-order chi connectivity index (χ0) is 26.8. The molecule has 2 fully saturated rings. The van der Waals surface area contributed by atoms with Gasteiger partial charge < -0.3 is 25.5 Å². The van der Waals surface area contributed by atoms with E-state index in [2.05, 4.69) is 71.8 Å². The van der Waals surface area contributed by atoms with Gasteiger partial charge in [-0.1, -0.05) is 30.9 Å². The summed E-state index contributed by atoms with van der Waals surface area (Å²) in [7, 11) is 2.09. The number of aryl methyl sites for hydroxylation is 2. The molecular formula is C31H42N6O. The summed E-state index contributed by atoms with van der Waals surface area (Å²) in [6.45, 7) is 13.6. The fraction of sp³-hybridized carbons (Fsp3) is 0.484. The topological polar surface area (TPSA) is 87.0 Å². The number of piperidine rings is 1. The van der Waals surface area contributed by atoms with E-state index in [9.17, 15) is 5.11 Å². The van der Waals surface area contributed by atoms with Crippen molar-refractivity contribution in [3.8, 4) is 0 Å². The molecule has 0 amide bonds. The molecule has 7 nitrogen and oxygen atoms in total. The smallest absolute Gasteiger partial charge is 0.146 e. The predicted octanol–water partition coefficient (Wildman–Crippen LogP) is 4.32. The molecule has 1 aromatic carbocycles. The van der Waals surface area contributed by atoms with Gasteiger partial charge in [0.2, 0.25) is 0 Å². The number of hydrogen-bond donors (Lipinski definition) is 4. The molecule has 1 unspecified atom stereocenters. The number of rotatable bonds is 1. The minimum atomic E-state index is -0.269. The van der Waals surface area contributed by atoms with Gasteiger partial charge in [0, 0.05) is 73.1 Å². The molecule has 1 saturated carbocycles. The fourth-order valence-electron chi connectivity index (χ4n) is 5.94. The van der Waals surface area contributed by atoms with Crippen LogP contribution in [-0.2, 0) is 6.42 Å². The van der Waals surface area contributed by atoms with E-state index in [1.807, 2.05) is 6.08 Å². The lowest BCUT2D eigenvalue weighted by molar-refractivity contribution is 0.0705. The van der Waals surface area contributed by atoms with Crippen molar-refractivity contribution in [1.82, 2.24) is 20.4 Å². The summed E-state index contributed by atoms with van der Waals surface area (Å²) in [5, 5.41) is 25.9. The van der Waals surface area contributed by atoms with Crippen LogP contribution in [-0.4, -0.2) is 65.3 Å². The Balaban J connectivity index is 1.56. The highest BCUT2D eigenvalue weighted by Crippen LogP contribution is 2.34. The Labute approximate surface area is 227 Å². The molecule has 202 valence electrons. The van der Waals surface area contributed by atoms with E-state index in [4.69, 9.17) is 10.4 Å². The van der Waals surface area contributed by atoms with Crippen LogP contribution in [0.1, 0.15) is 55.2 Å². The lowest BCUT2D eigenvalue weighted by Gasteiger charge is -2.42. The van der Waals surface area contributed by atoms with Gasteiger partial charge in [-0.25, -0.2) is 4.99 Å². The van der Waals surface area contributed by atoms with E-state index in [1.165, 1.54) is 16.7 Å². The standard InChI is InChI=1S/C31H42N6O/c1-20-8-10-23-11-9-21(2)33-12-14-36(4)31-19-27(24-16-25(38)17-24)34-30(32)18-28(35-31)29-7-5-6-13-37(29)22(3)26(23)15-20/h8,10,15,18-19,24-25,29,32-33,35,38H,2-3,5-7,9,11-14,16-17H2,1,4H3/b28-18?,31-19+,32-30?,34-27?. The van der Waals surface area contributed by atoms with Crippen molar-refractivity contribution in [2.75, 3.05) is 26.7 Å². The normalized spacial score (nSPS) is 28.3. The van der Waals surface area contributed by atoms with Gasteiger partial charge in [0.1, 0.15) is 11.7 Å². The summed E-state index contributed by atoms with van der Waals surface area (Å²) in [6, 6.07) is 6.78. The monoisotopic (exact) mass is 514 g/mol. The largest absolute Gasteiger partial charge is 0.393 e. The maximum Gasteiger partial charge on any atom is 0.146 e. The van der Waals surface area contributed by atoms with Crippen LogP contribution < -0.4 is 10.6 Å². The number of aliphatic hydroxyl groups excluding tert-OH is 1. The second-order valence-electron chi connectivity index (χ2n) is 11.3. The molecule has 0 spiro atoms. The summed E-state index contributed by atoms with van der Waals surface area (Å²) >= 11 is 0. The number of allylic oxidation sites excluding steroid dienone is 2. The van der Waals surface area contributed by atoms with Crippen molar-refractivity contribution in [2.24, 2.45) is 10.9 Å². The molecule has 1 saturated heterocycles. The summed E-state index contributed by atoms with van der Waals surface area (Å²) in [6.07, 6.45) is 10.2. The average Bonchev–Trinajstić information content (AvgIpc) is 2.87. The van der Waals surface area contributed by atoms with Crippen molar-refractivity contribution in [1.29, 1.82) is 5.41 Å². The highest BCUT2D eigenvalue weighted by Gasteiger charge is 2.33. The van der Waals surface area contributed by atoms with Gasteiger partial charge in [0.15, 0.2) is 0 Å². The van der Waals surface area contributed by atoms with E-state index in [0.29, 0.717) is 12.8 Å². The van der Waals surface area contributed by atoms with Crippen molar-refractivity contribution in [3.05, 3.63) is 77.4 Å². The maximum absolute atomic E-state index is 9.92. The number of benzene rings is 1. The van der Waals surface area contributed by atoms with Crippen LogP contribution in [0, 0.1) is 18.3 Å². The minimum absolute atomic E-state index is 0.0854. The van der Waals surface area contributed by atoms with Gasteiger partial charge in [-0.15, -0.1) is 0 Å². The molecule has 1 aliphatic carbocycles.